The van der Waals surface area contributed by atoms with Gasteiger partial charge < -0.3 is 0 Å². The topological polar surface area (TPSA) is 3.24 Å². The van der Waals surface area contributed by atoms with Crippen LogP contribution < -0.4 is 0 Å². The smallest absolute Gasteiger partial charge is 0.290 e. The zero-order valence-corrected chi connectivity index (χ0v) is 11.8. The molecule has 1 aromatic carbocycles. The first-order chi connectivity index (χ1) is 9.12. The van der Waals surface area contributed by atoms with Crippen molar-refractivity contribution < 1.29 is 26.3 Å². The highest BCUT2D eigenvalue weighted by Gasteiger charge is 2.32. The second-order valence-corrected chi connectivity index (χ2v) is 5.01. The highest BCUT2D eigenvalue weighted by atomic mass is 79.9. The SMILES string of the molecule is FC(F)(F)CN(CCBr)Cc1cccc(C(F)(F)F)c1. The summed E-state index contributed by atoms with van der Waals surface area (Å²) >= 11 is 3.03. The van der Waals surface area contributed by atoms with E-state index in [9.17, 15) is 26.3 Å². The summed E-state index contributed by atoms with van der Waals surface area (Å²) in [7, 11) is 0. The predicted molar refractivity (Wildman–Crippen MR) is 66.6 cm³/mol. The Hall–Kier alpha value is -0.760. The van der Waals surface area contributed by atoms with Crippen LogP contribution >= 0.6 is 15.9 Å². The van der Waals surface area contributed by atoms with E-state index in [4.69, 9.17) is 0 Å². The summed E-state index contributed by atoms with van der Waals surface area (Å²) in [6, 6.07) is 4.34. The number of hydrogen-bond acceptors (Lipinski definition) is 1. The Bertz CT molecular complexity index is 429. The zero-order valence-electron chi connectivity index (χ0n) is 10.2. The van der Waals surface area contributed by atoms with Gasteiger partial charge in [-0.2, -0.15) is 26.3 Å². The maximum Gasteiger partial charge on any atom is 0.416 e. The molecule has 0 heterocycles. The lowest BCUT2D eigenvalue weighted by Crippen LogP contribution is -2.35. The number of nitrogens with zero attached hydrogens (tertiary/aromatic N) is 1. The van der Waals surface area contributed by atoms with E-state index in [0.29, 0.717) is 5.33 Å². The minimum atomic E-state index is -4.50. The van der Waals surface area contributed by atoms with Crippen LogP contribution in [0.15, 0.2) is 24.3 Å². The zero-order chi connectivity index (χ0) is 15.4. The first-order valence-corrected chi connectivity index (χ1v) is 6.75. The minimum absolute atomic E-state index is 0.0930. The molecule has 1 rings (SSSR count). The lowest BCUT2D eigenvalue weighted by atomic mass is 10.1. The molecule has 1 aromatic rings. The summed E-state index contributed by atoms with van der Waals surface area (Å²) in [5, 5.41) is 0.308. The predicted octanol–water partition coefficient (Wildman–Crippen LogP) is 4.46. The van der Waals surface area contributed by atoms with Crippen LogP contribution in [0.1, 0.15) is 11.1 Å². The highest BCUT2D eigenvalue weighted by molar-refractivity contribution is 9.09. The van der Waals surface area contributed by atoms with Gasteiger partial charge in [0, 0.05) is 18.4 Å². The van der Waals surface area contributed by atoms with Gasteiger partial charge in [-0.05, 0) is 11.6 Å². The quantitative estimate of drug-likeness (QED) is 0.551. The maximum absolute atomic E-state index is 12.5. The maximum atomic E-state index is 12.5. The van der Waals surface area contributed by atoms with E-state index in [1.807, 2.05) is 0 Å². The average molecular weight is 364 g/mol. The lowest BCUT2D eigenvalue weighted by Gasteiger charge is -2.23. The van der Waals surface area contributed by atoms with Crippen LogP contribution in [-0.4, -0.2) is 29.5 Å². The molecule has 0 amide bonds. The molecule has 8 heteroatoms. The molecule has 0 spiro atoms. The normalized spacial score (nSPS) is 13.0. The Kier molecular flexibility index (Phi) is 5.88. The van der Waals surface area contributed by atoms with E-state index in [1.54, 1.807) is 0 Å². The molecule has 0 aliphatic rings. The van der Waals surface area contributed by atoms with Crippen molar-refractivity contribution in [2.75, 3.05) is 18.4 Å². The van der Waals surface area contributed by atoms with Crippen molar-refractivity contribution in [3.63, 3.8) is 0 Å². The van der Waals surface area contributed by atoms with Gasteiger partial charge in [-0.3, -0.25) is 4.90 Å². The second-order valence-electron chi connectivity index (χ2n) is 4.21. The van der Waals surface area contributed by atoms with Crippen molar-refractivity contribution in [3.8, 4) is 0 Å². The van der Waals surface area contributed by atoms with E-state index in [1.165, 1.54) is 12.1 Å². The van der Waals surface area contributed by atoms with E-state index in [-0.39, 0.29) is 18.7 Å². The summed E-state index contributed by atoms with van der Waals surface area (Å²) in [6.07, 6.45) is -8.88. The molecule has 0 atom stereocenters. The fourth-order valence-electron chi connectivity index (χ4n) is 1.69. The Morgan fingerprint density at radius 3 is 2.20 bits per heavy atom. The number of alkyl halides is 7. The van der Waals surface area contributed by atoms with Crippen LogP contribution in [0.2, 0.25) is 0 Å². The molecular formula is C12H12BrF6N. The molecule has 0 saturated heterocycles. The van der Waals surface area contributed by atoms with E-state index in [2.05, 4.69) is 15.9 Å². The molecule has 0 aliphatic heterocycles. The van der Waals surface area contributed by atoms with Gasteiger partial charge in [0.05, 0.1) is 12.1 Å². The van der Waals surface area contributed by atoms with Gasteiger partial charge >= 0.3 is 12.4 Å². The molecule has 1 nitrogen and oxygen atoms in total. The van der Waals surface area contributed by atoms with Crippen LogP contribution in [0.5, 0.6) is 0 Å². The van der Waals surface area contributed by atoms with E-state index < -0.39 is 24.5 Å². The van der Waals surface area contributed by atoms with Crippen LogP contribution in [0, 0.1) is 0 Å². The summed E-state index contributed by atoms with van der Waals surface area (Å²) in [6.45, 7) is -1.25. The molecular weight excluding hydrogens is 352 g/mol. The van der Waals surface area contributed by atoms with Crippen molar-refractivity contribution in [2.24, 2.45) is 0 Å². The third kappa shape index (κ3) is 6.13. The van der Waals surface area contributed by atoms with Gasteiger partial charge in [0.1, 0.15) is 0 Å². The fraction of sp³-hybridized carbons (Fsp3) is 0.500. The Morgan fingerprint density at radius 1 is 1.05 bits per heavy atom. The van der Waals surface area contributed by atoms with Gasteiger partial charge in [0.15, 0.2) is 0 Å². The summed E-state index contributed by atoms with van der Waals surface area (Å²) in [4.78, 5) is 1.05. The van der Waals surface area contributed by atoms with Crippen molar-refractivity contribution in [2.45, 2.75) is 18.9 Å². The molecule has 20 heavy (non-hydrogen) atoms. The van der Waals surface area contributed by atoms with Crippen LogP contribution in [0.25, 0.3) is 0 Å². The van der Waals surface area contributed by atoms with E-state index >= 15 is 0 Å². The van der Waals surface area contributed by atoms with Crippen molar-refractivity contribution in [1.29, 1.82) is 0 Å². The minimum Gasteiger partial charge on any atom is -0.290 e. The molecule has 0 radical (unpaired) electrons. The molecule has 114 valence electrons. The average Bonchev–Trinajstić information content (AvgIpc) is 2.26. The Labute approximate surface area is 120 Å². The Balaban J connectivity index is 2.83. The molecule has 0 N–H and O–H groups in total. The molecule has 0 aliphatic carbocycles. The monoisotopic (exact) mass is 363 g/mol. The van der Waals surface area contributed by atoms with Gasteiger partial charge in [-0.25, -0.2) is 0 Å². The largest absolute Gasteiger partial charge is 0.416 e. The van der Waals surface area contributed by atoms with Crippen LogP contribution in [0.4, 0.5) is 26.3 Å². The first-order valence-electron chi connectivity index (χ1n) is 5.63. The second kappa shape index (κ2) is 6.80. The number of benzene rings is 1. The number of rotatable bonds is 5. The Morgan fingerprint density at radius 2 is 1.70 bits per heavy atom. The van der Waals surface area contributed by atoms with Crippen LogP contribution in [-0.2, 0) is 12.7 Å². The van der Waals surface area contributed by atoms with E-state index in [0.717, 1.165) is 17.0 Å². The number of hydrogen-bond donors (Lipinski definition) is 0. The number of halogens is 7. The first kappa shape index (κ1) is 17.3. The fourth-order valence-corrected chi connectivity index (χ4v) is 2.19. The third-order valence-electron chi connectivity index (χ3n) is 2.46. The molecule has 0 aromatic heterocycles. The third-order valence-corrected chi connectivity index (χ3v) is 2.82. The van der Waals surface area contributed by atoms with Gasteiger partial charge in [0.25, 0.3) is 0 Å². The summed E-state index contributed by atoms with van der Waals surface area (Å²) in [5.74, 6) is 0. The van der Waals surface area contributed by atoms with Crippen molar-refractivity contribution in [1.82, 2.24) is 4.90 Å². The highest BCUT2D eigenvalue weighted by Crippen LogP contribution is 2.30. The van der Waals surface area contributed by atoms with Crippen molar-refractivity contribution >= 4 is 15.9 Å². The van der Waals surface area contributed by atoms with Crippen molar-refractivity contribution in [3.05, 3.63) is 35.4 Å². The molecule has 0 bridgehead atoms. The molecule has 0 unspecified atom stereocenters. The standard InChI is InChI=1S/C12H12BrF6N/c13-4-5-20(8-11(14,15)16)7-9-2-1-3-10(6-9)12(17,18)19/h1-3,6H,4-5,7-8H2. The molecule has 0 saturated carbocycles. The van der Waals surface area contributed by atoms with Gasteiger partial charge in [0.2, 0.25) is 0 Å². The van der Waals surface area contributed by atoms with Gasteiger partial charge in [-0.1, -0.05) is 34.1 Å². The lowest BCUT2D eigenvalue weighted by molar-refractivity contribution is -0.146. The molecule has 0 fully saturated rings. The van der Waals surface area contributed by atoms with Gasteiger partial charge in [-0.15, -0.1) is 0 Å². The van der Waals surface area contributed by atoms with Crippen LogP contribution in [0.3, 0.4) is 0 Å². The summed E-state index contributed by atoms with van der Waals surface area (Å²) in [5.41, 5.74) is -0.661. The summed E-state index contributed by atoms with van der Waals surface area (Å²) < 4.78 is 74.7.